The zero-order valence-electron chi connectivity index (χ0n) is 26.3. The van der Waals surface area contributed by atoms with Crippen LogP contribution < -0.4 is 10.1 Å². The van der Waals surface area contributed by atoms with Crippen LogP contribution in [0, 0.1) is 24.2 Å². The Kier molecular flexibility index (Phi) is 8.03. The van der Waals surface area contributed by atoms with Crippen molar-refractivity contribution >= 4 is 32.8 Å². The standard InChI is InChI=1S/C31H44BN7O2Si/c1-21-15-27(37-39(21)14-12-22-9-10-22)36-29-34-13-11-26(35-29)23-16-24(18-33)28-25(17-23)31(5,19-38(28)32(6)40)20-41-42(7,8)30(2,3)4/h11,13,15-17,22,40H,9-10,12,14,19-20H2,1-8H3,(H,34,35,36,37)/t31-/m1/s1. The van der Waals surface area contributed by atoms with E-state index in [1.807, 2.05) is 27.7 Å². The lowest BCUT2D eigenvalue weighted by Crippen LogP contribution is -2.47. The number of hydrogen-bond donors (Lipinski definition) is 2. The van der Waals surface area contributed by atoms with Crippen molar-refractivity contribution in [3.63, 3.8) is 0 Å². The SMILES string of the molecule is CB(O)N1C[C@](C)(CO[Si](C)(C)C(C)(C)C)c2cc(-c3ccnc(Nc4cc(C)n(CCC5CC5)n4)n3)cc(C#N)c21. The maximum absolute atomic E-state index is 10.7. The molecule has 0 bridgehead atoms. The molecule has 1 atom stereocenters. The third-order valence-corrected chi connectivity index (χ3v) is 13.8. The summed E-state index contributed by atoms with van der Waals surface area (Å²) in [7, 11) is -2.76. The number of rotatable bonds is 10. The summed E-state index contributed by atoms with van der Waals surface area (Å²) >= 11 is 0. The monoisotopic (exact) mass is 585 g/mol. The summed E-state index contributed by atoms with van der Waals surface area (Å²) in [5, 5.41) is 29.0. The lowest BCUT2D eigenvalue weighted by molar-refractivity contribution is 0.218. The smallest absolute Gasteiger partial charge is 0.409 e. The molecule has 3 heterocycles. The second-order valence-electron chi connectivity index (χ2n) is 13.9. The Morgan fingerprint density at radius 3 is 2.64 bits per heavy atom. The van der Waals surface area contributed by atoms with Crippen molar-refractivity contribution < 1.29 is 9.45 Å². The van der Waals surface area contributed by atoms with Gasteiger partial charge in [0.2, 0.25) is 5.95 Å². The van der Waals surface area contributed by atoms with Crippen LogP contribution in [0.25, 0.3) is 11.3 Å². The molecule has 0 amide bonds. The van der Waals surface area contributed by atoms with E-state index in [1.54, 1.807) is 13.0 Å². The second-order valence-corrected chi connectivity index (χ2v) is 18.7. The van der Waals surface area contributed by atoms with Crippen LogP contribution in [0.3, 0.4) is 0 Å². The maximum atomic E-state index is 10.7. The minimum Gasteiger partial charge on any atom is -0.432 e. The van der Waals surface area contributed by atoms with Crippen LogP contribution in [0.1, 0.15) is 63.8 Å². The van der Waals surface area contributed by atoms with Crippen LogP contribution in [0.15, 0.2) is 30.5 Å². The first kappa shape index (κ1) is 30.3. The highest BCUT2D eigenvalue weighted by Crippen LogP contribution is 2.47. The Labute approximate surface area is 251 Å². The van der Waals surface area contributed by atoms with Crippen molar-refractivity contribution in [2.75, 3.05) is 23.3 Å². The van der Waals surface area contributed by atoms with E-state index in [0.717, 1.165) is 40.8 Å². The van der Waals surface area contributed by atoms with E-state index < -0.39 is 20.8 Å². The van der Waals surface area contributed by atoms with Crippen molar-refractivity contribution in [1.29, 1.82) is 5.26 Å². The third-order valence-electron chi connectivity index (χ3n) is 9.31. The van der Waals surface area contributed by atoms with Gasteiger partial charge in [-0.3, -0.25) is 4.68 Å². The van der Waals surface area contributed by atoms with Crippen molar-refractivity contribution in [2.24, 2.45) is 5.92 Å². The number of nitrogens with zero attached hydrogens (tertiary/aromatic N) is 6. The summed E-state index contributed by atoms with van der Waals surface area (Å²) in [5.74, 6) is 2.02. The van der Waals surface area contributed by atoms with Crippen LogP contribution in [-0.2, 0) is 16.4 Å². The average molecular weight is 586 g/mol. The Hall–Kier alpha value is -3.20. The number of hydrogen-bond acceptors (Lipinski definition) is 8. The quantitative estimate of drug-likeness (QED) is 0.268. The van der Waals surface area contributed by atoms with Crippen molar-refractivity contribution in [3.8, 4) is 17.3 Å². The fourth-order valence-corrected chi connectivity index (χ4v) is 6.49. The fraction of sp³-hybridized carbons (Fsp3) is 0.548. The first-order chi connectivity index (χ1) is 19.7. The first-order valence-corrected chi connectivity index (χ1v) is 17.9. The van der Waals surface area contributed by atoms with Gasteiger partial charge in [0.25, 0.3) is 0 Å². The predicted molar refractivity (Wildman–Crippen MR) is 171 cm³/mol. The Bertz CT molecular complexity index is 1510. The highest BCUT2D eigenvalue weighted by molar-refractivity contribution is 6.74. The molecule has 1 fully saturated rings. The molecule has 0 spiro atoms. The Morgan fingerprint density at radius 2 is 2.00 bits per heavy atom. The van der Waals surface area contributed by atoms with E-state index in [4.69, 9.17) is 14.5 Å². The molecule has 0 radical (unpaired) electrons. The Morgan fingerprint density at radius 1 is 1.26 bits per heavy atom. The Balaban J connectivity index is 1.46. The van der Waals surface area contributed by atoms with Gasteiger partial charge >= 0.3 is 7.05 Å². The van der Waals surface area contributed by atoms with Gasteiger partial charge in [0.05, 0.1) is 11.3 Å². The van der Waals surface area contributed by atoms with Crippen LogP contribution >= 0.6 is 0 Å². The zero-order chi connectivity index (χ0) is 30.4. The molecular formula is C31H44BN7O2Si. The molecule has 1 aliphatic carbocycles. The molecule has 2 aliphatic rings. The summed E-state index contributed by atoms with van der Waals surface area (Å²) in [6.45, 7) is 19.2. The minimum atomic E-state index is -2.03. The van der Waals surface area contributed by atoms with Gasteiger partial charge in [-0.05, 0) is 68.0 Å². The summed E-state index contributed by atoms with van der Waals surface area (Å²) in [5.41, 5.74) is 4.51. The van der Waals surface area contributed by atoms with E-state index in [1.165, 1.54) is 19.3 Å². The highest BCUT2D eigenvalue weighted by atomic mass is 28.4. The number of fused-ring (bicyclic) bond motifs is 1. The maximum Gasteiger partial charge on any atom is 0.409 e. The molecule has 222 valence electrons. The second kappa shape index (κ2) is 11.1. The van der Waals surface area contributed by atoms with Crippen molar-refractivity contribution in [3.05, 3.63) is 47.3 Å². The number of aryl methyl sites for hydroxylation is 2. The molecule has 3 aromatic rings. The van der Waals surface area contributed by atoms with E-state index in [2.05, 4.69) is 70.1 Å². The summed E-state index contributed by atoms with van der Waals surface area (Å²) in [6.07, 6.45) is 5.56. The fourth-order valence-electron chi connectivity index (χ4n) is 5.38. The number of nitriles is 1. The van der Waals surface area contributed by atoms with E-state index in [0.29, 0.717) is 30.4 Å². The van der Waals surface area contributed by atoms with Gasteiger partial charge in [-0.2, -0.15) is 10.4 Å². The largest absolute Gasteiger partial charge is 0.432 e. The molecule has 1 saturated carbocycles. The number of aromatic nitrogens is 4. The molecule has 1 aliphatic heterocycles. The molecule has 2 N–H and O–H groups in total. The van der Waals surface area contributed by atoms with Crippen LogP contribution in [-0.4, -0.2) is 53.3 Å². The average Bonchev–Trinajstić information content (AvgIpc) is 3.62. The summed E-state index contributed by atoms with van der Waals surface area (Å²) in [6, 6.07) is 10.2. The summed E-state index contributed by atoms with van der Waals surface area (Å²) in [4.78, 5) is 11.2. The topological polar surface area (TPSA) is 112 Å². The molecule has 5 rings (SSSR count). The molecule has 2 aromatic heterocycles. The molecule has 0 unspecified atom stereocenters. The lowest BCUT2D eigenvalue weighted by atomic mass is 9.83. The molecular weight excluding hydrogens is 541 g/mol. The van der Waals surface area contributed by atoms with Gasteiger partial charge in [0.1, 0.15) is 6.07 Å². The van der Waals surface area contributed by atoms with Gasteiger partial charge < -0.3 is 19.6 Å². The van der Waals surface area contributed by atoms with Crippen LogP contribution in [0.2, 0.25) is 25.0 Å². The van der Waals surface area contributed by atoms with Gasteiger partial charge in [0, 0.05) is 54.3 Å². The predicted octanol–water partition coefficient (Wildman–Crippen LogP) is 6.27. The highest BCUT2D eigenvalue weighted by Gasteiger charge is 2.46. The number of benzene rings is 1. The number of nitrogens with one attached hydrogen (secondary N) is 1. The van der Waals surface area contributed by atoms with Crippen LogP contribution in [0.4, 0.5) is 17.5 Å². The third kappa shape index (κ3) is 6.12. The van der Waals surface area contributed by atoms with Crippen molar-refractivity contribution in [2.45, 2.75) is 90.8 Å². The first-order valence-electron chi connectivity index (χ1n) is 15.0. The van der Waals surface area contributed by atoms with Gasteiger partial charge in [-0.1, -0.05) is 40.5 Å². The van der Waals surface area contributed by atoms with Gasteiger partial charge in [0.15, 0.2) is 14.1 Å². The van der Waals surface area contributed by atoms with E-state index in [9.17, 15) is 10.3 Å². The molecule has 1 aromatic carbocycles. The molecule has 11 heteroatoms. The van der Waals surface area contributed by atoms with Gasteiger partial charge in [-0.25, -0.2) is 9.97 Å². The molecule has 42 heavy (non-hydrogen) atoms. The molecule has 9 nitrogen and oxygen atoms in total. The van der Waals surface area contributed by atoms with Crippen molar-refractivity contribution in [1.82, 2.24) is 19.7 Å². The minimum absolute atomic E-state index is 0.0738. The van der Waals surface area contributed by atoms with Gasteiger partial charge in [-0.15, -0.1) is 0 Å². The molecule has 0 saturated heterocycles. The van der Waals surface area contributed by atoms with E-state index >= 15 is 0 Å². The normalized spacial score (nSPS) is 18.6. The van der Waals surface area contributed by atoms with Crippen LogP contribution in [0.5, 0.6) is 0 Å². The summed E-state index contributed by atoms with van der Waals surface area (Å²) < 4.78 is 8.77. The van der Waals surface area contributed by atoms with E-state index in [-0.39, 0.29) is 5.04 Å². The zero-order valence-corrected chi connectivity index (χ0v) is 27.3. The lowest BCUT2D eigenvalue weighted by Gasteiger charge is -2.39. The number of anilines is 3.